The van der Waals surface area contributed by atoms with Crippen LogP contribution in [0.3, 0.4) is 0 Å². The average Bonchev–Trinajstić information content (AvgIpc) is 2.63. The van der Waals surface area contributed by atoms with Crippen molar-refractivity contribution in [3.05, 3.63) is 63.7 Å². The van der Waals surface area contributed by atoms with Crippen LogP contribution in [0.2, 0.25) is 10.0 Å². The highest BCUT2D eigenvalue weighted by molar-refractivity contribution is 6.34. The third-order valence-corrected chi connectivity index (χ3v) is 4.63. The second-order valence-corrected chi connectivity index (χ2v) is 7.94. The number of halogens is 2. The molecule has 0 amide bonds. The van der Waals surface area contributed by atoms with Crippen molar-refractivity contribution in [1.29, 1.82) is 0 Å². The van der Waals surface area contributed by atoms with Gasteiger partial charge in [-0.05, 0) is 62.4 Å². The van der Waals surface area contributed by atoms with Gasteiger partial charge < -0.3 is 14.6 Å². The molecule has 0 aromatic heterocycles. The molecule has 0 spiro atoms. The lowest BCUT2D eigenvalue weighted by atomic mass is 10.0. The summed E-state index contributed by atoms with van der Waals surface area (Å²) in [6, 6.07) is 5.43. The van der Waals surface area contributed by atoms with Crippen LogP contribution in [-0.2, 0) is 9.47 Å². The predicted molar refractivity (Wildman–Crippen MR) is 120 cm³/mol. The maximum absolute atomic E-state index is 9.66. The van der Waals surface area contributed by atoms with E-state index in [1.165, 1.54) is 0 Å². The summed E-state index contributed by atoms with van der Waals surface area (Å²) in [7, 11) is 0. The zero-order valence-electron chi connectivity index (χ0n) is 17.3. The van der Waals surface area contributed by atoms with Gasteiger partial charge in [-0.2, -0.15) is 0 Å². The Morgan fingerprint density at radius 2 is 1.89 bits per heavy atom. The summed E-state index contributed by atoms with van der Waals surface area (Å²) in [6.45, 7) is 12.1. The van der Waals surface area contributed by atoms with E-state index in [0.717, 1.165) is 36.0 Å². The van der Waals surface area contributed by atoms with Crippen LogP contribution in [0.25, 0.3) is 6.08 Å². The van der Waals surface area contributed by atoms with E-state index in [1.54, 1.807) is 6.07 Å². The van der Waals surface area contributed by atoms with Crippen LogP contribution in [0, 0.1) is 0 Å². The summed E-state index contributed by atoms with van der Waals surface area (Å²) >= 11 is 12.2. The molecule has 0 aliphatic carbocycles. The Kier molecular flexibility index (Phi) is 11.1. The van der Waals surface area contributed by atoms with E-state index >= 15 is 0 Å². The van der Waals surface area contributed by atoms with Crippen LogP contribution >= 0.6 is 23.2 Å². The monoisotopic (exact) mass is 426 g/mol. The number of aliphatic hydroxyl groups is 1. The van der Waals surface area contributed by atoms with Crippen LogP contribution in [0.4, 0.5) is 0 Å². The molecule has 1 rings (SSSR count). The summed E-state index contributed by atoms with van der Waals surface area (Å²) in [4.78, 5) is 0. The lowest BCUT2D eigenvalue weighted by Gasteiger charge is -2.28. The topological polar surface area (TPSA) is 38.7 Å². The first-order valence-corrected chi connectivity index (χ1v) is 10.4. The van der Waals surface area contributed by atoms with E-state index in [0.29, 0.717) is 16.7 Å². The maximum atomic E-state index is 9.66. The van der Waals surface area contributed by atoms with E-state index < -0.39 is 11.9 Å². The molecule has 0 heterocycles. The second-order valence-electron chi connectivity index (χ2n) is 7.06. The quantitative estimate of drug-likeness (QED) is 0.294. The Balaban J connectivity index is 2.88. The zero-order valence-corrected chi connectivity index (χ0v) is 18.8. The third kappa shape index (κ3) is 9.40. The van der Waals surface area contributed by atoms with Crippen LogP contribution in [0.15, 0.2) is 48.1 Å². The molecule has 0 saturated heterocycles. The highest BCUT2D eigenvalue weighted by Crippen LogP contribution is 2.24. The minimum atomic E-state index is -0.771. The fraction of sp³-hybridized carbons (Fsp3) is 0.478. The first-order valence-electron chi connectivity index (χ1n) is 9.61. The van der Waals surface area contributed by atoms with Crippen LogP contribution in [0.5, 0.6) is 0 Å². The summed E-state index contributed by atoms with van der Waals surface area (Å²) < 4.78 is 11.8. The van der Waals surface area contributed by atoms with Crippen molar-refractivity contribution >= 4 is 29.3 Å². The molecule has 0 bridgehead atoms. The van der Waals surface area contributed by atoms with E-state index in [4.69, 9.17) is 32.7 Å². The molecule has 5 heteroatoms. The van der Waals surface area contributed by atoms with E-state index in [9.17, 15) is 5.11 Å². The van der Waals surface area contributed by atoms with Crippen LogP contribution in [-0.4, -0.2) is 30.2 Å². The van der Waals surface area contributed by atoms with Crippen molar-refractivity contribution in [3.8, 4) is 0 Å². The van der Waals surface area contributed by atoms with Gasteiger partial charge in [0, 0.05) is 10.0 Å². The lowest BCUT2D eigenvalue weighted by molar-refractivity contribution is -0.186. The highest BCUT2D eigenvalue weighted by atomic mass is 35.5. The molecule has 2 unspecified atom stereocenters. The van der Waals surface area contributed by atoms with Gasteiger partial charge in [-0.3, -0.25) is 0 Å². The Morgan fingerprint density at radius 3 is 2.43 bits per heavy atom. The minimum Gasteiger partial charge on any atom is -0.393 e. The first kappa shape index (κ1) is 24.9. The van der Waals surface area contributed by atoms with Crippen molar-refractivity contribution in [2.75, 3.05) is 13.2 Å². The van der Waals surface area contributed by atoms with Crippen molar-refractivity contribution in [2.45, 2.75) is 58.8 Å². The van der Waals surface area contributed by atoms with Gasteiger partial charge in [-0.25, -0.2) is 0 Å². The van der Waals surface area contributed by atoms with Crippen LogP contribution < -0.4 is 0 Å². The van der Waals surface area contributed by atoms with E-state index in [-0.39, 0.29) is 6.61 Å². The maximum Gasteiger partial charge on any atom is 0.156 e. The normalized spacial score (nSPS) is 15.6. The first-order chi connectivity index (χ1) is 13.2. The Bertz CT molecular complexity index is 677. The lowest BCUT2D eigenvalue weighted by Crippen LogP contribution is -2.35. The Hall–Kier alpha value is -1.10. The summed E-state index contributed by atoms with van der Waals surface area (Å²) in [5.41, 5.74) is 2.31. The van der Waals surface area contributed by atoms with Crippen molar-refractivity contribution in [1.82, 2.24) is 0 Å². The molecule has 0 aliphatic heterocycles. The van der Waals surface area contributed by atoms with Gasteiger partial charge in [0.25, 0.3) is 0 Å². The molecule has 0 aliphatic rings. The molecule has 156 valence electrons. The van der Waals surface area contributed by atoms with Gasteiger partial charge in [0.1, 0.15) is 5.60 Å². The largest absolute Gasteiger partial charge is 0.393 e. The predicted octanol–water partition coefficient (Wildman–Crippen LogP) is 6.83. The minimum absolute atomic E-state index is 0.118. The number of benzene rings is 1. The van der Waals surface area contributed by atoms with Gasteiger partial charge in [-0.1, -0.05) is 67.4 Å². The SMILES string of the molecule is C=C(CC)C/C(=C\c1cc(Cl)cc(Cl)c1)COC(C)OC(C)(/C=C\CC)CO. The number of ether oxygens (including phenoxy) is 2. The van der Waals surface area contributed by atoms with Gasteiger partial charge >= 0.3 is 0 Å². The fourth-order valence-electron chi connectivity index (χ4n) is 2.62. The number of allylic oxidation sites excluding steroid dienone is 2. The fourth-order valence-corrected chi connectivity index (χ4v) is 3.16. The number of rotatable bonds is 12. The molecule has 2 atom stereocenters. The van der Waals surface area contributed by atoms with Gasteiger partial charge in [0.05, 0.1) is 13.2 Å². The summed E-state index contributed by atoms with van der Waals surface area (Å²) in [5.74, 6) is 0. The van der Waals surface area contributed by atoms with Gasteiger partial charge in [0.2, 0.25) is 0 Å². The van der Waals surface area contributed by atoms with E-state index in [2.05, 4.69) is 13.5 Å². The zero-order chi connectivity index (χ0) is 21.2. The summed E-state index contributed by atoms with van der Waals surface area (Å²) in [5, 5.41) is 10.8. The number of hydrogen-bond donors (Lipinski definition) is 1. The molecule has 0 radical (unpaired) electrons. The molecule has 1 aromatic carbocycles. The smallest absolute Gasteiger partial charge is 0.156 e. The van der Waals surface area contributed by atoms with Gasteiger partial charge in [-0.15, -0.1) is 0 Å². The Morgan fingerprint density at radius 1 is 1.25 bits per heavy atom. The van der Waals surface area contributed by atoms with Crippen molar-refractivity contribution < 1.29 is 14.6 Å². The van der Waals surface area contributed by atoms with Crippen molar-refractivity contribution in [2.24, 2.45) is 0 Å². The molecular weight excluding hydrogens is 395 g/mol. The molecule has 28 heavy (non-hydrogen) atoms. The molecule has 3 nitrogen and oxygen atoms in total. The number of aliphatic hydroxyl groups excluding tert-OH is 1. The Labute approximate surface area is 179 Å². The summed E-state index contributed by atoms with van der Waals surface area (Å²) in [6.07, 6.45) is 7.87. The molecule has 1 N–H and O–H groups in total. The third-order valence-electron chi connectivity index (χ3n) is 4.19. The average molecular weight is 427 g/mol. The van der Waals surface area contributed by atoms with Crippen molar-refractivity contribution in [3.63, 3.8) is 0 Å². The van der Waals surface area contributed by atoms with Gasteiger partial charge in [0.15, 0.2) is 6.29 Å². The standard InChI is InChI=1S/C23H32Cl2O3/c1-6-8-9-23(5,16-26)28-18(4)27-15-20(10-17(3)7-2)11-19-12-21(24)14-22(25)13-19/h8-9,11-14,18,26H,3,6-7,10,15-16H2,1-2,4-5H3/b9-8-,20-11+. The molecule has 0 saturated carbocycles. The number of hydrogen-bond acceptors (Lipinski definition) is 3. The molecular formula is C23H32Cl2O3. The molecule has 0 fully saturated rings. The highest BCUT2D eigenvalue weighted by Gasteiger charge is 2.24. The van der Waals surface area contributed by atoms with Crippen LogP contribution in [0.1, 0.15) is 52.5 Å². The van der Waals surface area contributed by atoms with E-state index in [1.807, 2.05) is 51.1 Å². The molecule has 1 aromatic rings. The second kappa shape index (κ2) is 12.5.